The van der Waals surface area contributed by atoms with Crippen molar-refractivity contribution in [1.29, 1.82) is 0 Å². The largest absolute Gasteiger partial charge is 0.368 e. The van der Waals surface area contributed by atoms with Gasteiger partial charge in [0, 0.05) is 25.0 Å². The average Bonchev–Trinajstić information content (AvgIpc) is 2.14. The molecule has 0 saturated heterocycles. The van der Waals surface area contributed by atoms with Crippen LogP contribution in [0.3, 0.4) is 0 Å². The molecule has 0 aromatic carbocycles. The molecule has 2 amide bonds. The Labute approximate surface area is 94.8 Å². The smallest absolute Gasteiger partial charge is 0.240 e. The summed E-state index contributed by atoms with van der Waals surface area (Å²) in [5.41, 5.74) is 9.84. The van der Waals surface area contributed by atoms with E-state index in [1.807, 2.05) is 0 Å². The van der Waals surface area contributed by atoms with Crippen molar-refractivity contribution in [2.24, 2.45) is 11.5 Å². The zero-order valence-electron chi connectivity index (χ0n) is 8.06. The molecule has 0 radical (unpaired) electrons. The van der Waals surface area contributed by atoms with Gasteiger partial charge >= 0.3 is 0 Å². The number of carbonyl (C=O) groups excluding carboxylic acids is 2. The number of nitrogens with two attached hydrogens (primary N) is 2. The molecule has 0 aliphatic heterocycles. The van der Waals surface area contributed by atoms with Gasteiger partial charge in [0.05, 0.1) is 0 Å². The molecule has 1 unspecified atom stereocenters. The summed E-state index contributed by atoms with van der Waals surface area (Å²) >= 11 is 7.61. The van der Waals surface area contributed by atoms with E-state index in [-0.39, 0.29) is 11.7 Å². The predicted molar refractivity (Wildman–Crippen MR) is 63.6 cm³/mol. The van der Waals surface area contributed by atoms with E-state index in [9.17, 15) is 9.59 Å². The van der Waals surface area contributed by atoms with Crippen LogP contribution in [-0.2, 0) is 9.59 Å². The van der Waals surface area contributed by atoms with Crippen LogP contribution in [0.25, 0.3) is 0 Å². The first-order chi connectivity index (χ1) is 6.49. The fourth-order valence-corrected chi connectivity index (χ4v) is 0.723. The van der Waals surface area contributed by atoms with Crippen molar-refractivity contribution in [2.75, 3.05) is 18.1 Å². The lowest BCUT2D eigenvalue weighted by Crippen LogP contribution is -2.44. The number of rotatable bonds is 4. The monoisotopic (exact) mass is 239 g/mol. The van der Waals surface area contributed by atoms with Crippen molar-refractivity contribution in [3.05, 3.63) is 0 Å². The Kier molecular flexibility index (Phi) is 12.2. The topological polar surface area (TPSA) is 98.2 Å². The summed E-state index contributed by atoms with van der Waals surface area (Å²) in [6, 6.07) is -0.652. The number of carbonyl (C=O) groups is 2. The highest BCUT2D eigenvalue weighted by Gasteiger charge is 2.12. The second-order valence-corrected chi connectivity index (χ2v) is 3.16. The average molecular weight is 239 g/mol. The van der Waals surface area contributed by atoms with Gasteiger partial charge in [0.15, 0.2) is 0 Å². The Hall–Kier alpha value is -0.400. The Morgan fingerprint density at radius 1 is 1.43 bits per heavy atom. The van der Waals surface area contributed by atoms with Crippen LogP contribution in [0.4, 0.5) is 0 Å². The number of primary amides is 1. The zero-order valence-corrected chi connectivity index (χ0v) is 9.85. The van der Waals surface area contributed by atoms with Gasteiger partial charge in [-0.05, 0) is 0 Å². The molecule has 0 saturated carbocycles. The van der Waals surface area contributed by atoms with Crippen LogP contribution in [0.2, 0.25) is 0 Å². The molecule has 0 bridgehead atoms. The standard InChI is InChI=1S/C5H10N2O2S.C2H7NS/c1-3(8)7-4(2-10)5(6)9;3-1-2-4/h4,10H,2H2,1H3,(H2,6,9)(H,7,8);4H,1-3H2. The molecule has 0 spiro atoms. The highest BCUT2D eigenvalue weighted by Crippen LogP contribution is 1.85. The van der Waals surface area contributed by atoms with E-state index in [1.165, 1.54) is 6.92 Å². The molecule has 0 aliphatic rings. The summed E-state index contributed by atoms with van der Waals surface area (Å²) in [5, 5.41) is 2.34. The van der Waals surface area contributed by atoms with Gasteiger partial charge in [-0.2, -0.15) is 25.3 Å². The lowest BCUT2D eigenvalue weighted by molar-refractivity contribution is -0.125. The highest BCUT2D eigenvalue weighted by molar-refractivity contribution is 7.80. The molecule has 1 atom stereocenters. The summed E-state index contributed by atoms with van der Waals surface area (Å²) in [7, 11) is 0. The maximum atomic E-state index is 10.4. The fourth-order valence-electron chi connectivity index (χ4n) is 0.452. The van der Waals surface area contributed by atoms with Crippen molar-refractivity contribution < 1.29 is 9.59 Å². The highest BCUT2D eigenvalue weighted by atomic mass is 32.1. The molecule has 14 heavy (non-hydrogen) atoms. The van der Waals surface area contributed by atoms with E-state index in [4.69, 9.17) is 11.5 Å². The van der Waals surface area contributed by atoms with Crippen LogP contribution in [0.1, 0.15) is 6.92 Å². The van der Waals surface area contributed by atoms with Crippen LogP contribution in [0.5, 0.6) is 0 Å². The number of hydrogen-bond donors (Lipinski definition) is 5. The van der Waals surface area contributed by atoms with Crippen molar-refractivity contribution in [2.45, 2.75) is 13.0 Å². The molecular formula is C7H17N3O2S2. The third-order valence-electron chi connectivity index (χ3n) is 1.03. The number of amides is 2. The predicted octanol–water partition coefficient (Wildman–Crippen LogP) is -1.22. The van der Waals surface area contributed by atoms with Gasteiger partial charge in [0.25, 0.3) is 0 Å². The first kappa shape index (κ1) is 16.0. The minimum atomic E-state index is -0.652. The lowest BCUT2D eigenvalue weighted by Gasteiger charge is -2.09. The maximum absolute atomic E-state index is 10.4. The minimum absolute atomic E-state index is 0.231. The first-order valence-electron chi connectivity index (χ1n) is 3.97. The van der Waals surface area contributed by atoms with E-state index in [0.717, 1.165) is 5.75 Å². The van der Waals surface area contributed by atoms with Crippen molar-refractivity contribution in [3.8, 4) is 0 Å². The Bertz CT molecular complexity index is 176. The molecule has 0 aromatic heterocycles. The van der Waals surface area contributed by atoms with Crippen molar-refractivity contribution >= 4 is 37.1 Å². The van der Waals surface area contributed by atoms with Crippen molar-refractivity contribution in [3.63, 3.8) is 0 Å². The Balaban J connectivity index is 0. The summed E-state index contributed by atoms with van der Waals surface area (Å²) in [4.78, 5) is 20.8. The van der Waals surface area contributed by atoms with Crippen LogP contribution >= 0.6 is 25.3 Å². The molecule has 84 valence electrons. The maximum Gasteiger partial charge on any atom is 0.240 e. The Morgan fingerprint density at radius 2 is 1.86 bits per heavy atom. The molecule has 0 aromatic rings. The summed E-state index contributed by atoms with van der Waals surface area (Å²) in [6.07, 6.45) is 0. The second kappa shape index (κ2) is 10.7. The van der Waals surface area contributed by atoms with Crippen LogP contribution in [0, 0.1) is 0 Å². The number of hydrogen-bond acceptors (Lipinski definition) is 5. The SMILES string of the molecule is CC(=O)NC(CS)C(N)=O.NCCS. The van der Waals surface area contributed by atoms with E-state index >= 15 is 0 Å². The Morgan fingerprint density at radius 3 is 1.93 bits per heavy atom. The van der Waals surface area contributed by atoms with Crippen molar-refractivity contribution in [1.82, 2.24) is 5.32 Å². The molecule has 0 rings (SSSR count). The van der Waals surface area contributed by atoms with E-state index in [0.29, 0.717) is 6.54 Å². The molecule has 5 N–H and O–H groups in total. The fraction of sp³-hybridized carbons (Fsp3) is 0.714. The van der Waals surface area contributed by atoms with Gasteiger partial charge in [-0.15, -0.1) is 0 Å². The summed E-state index contributed by atoms with van der Waals surface area (Å²) in [6.45, 7) is 2.00. The quantitative estimate of drug-likeness (QED) is 0.398. The molecular weight excluding hydrogens is 222 g/mol. The number of nitrogens with one attached hydrogen (secondary N) is 1. The van der Waals surface area contributed by atoms with Gasteiger partial charge in [-0.3, -0.25) is 9.59 Å². The van der Waals surface area contributed by atoms with Gasteiger partial charge < -0.3 is 16.8 Å². The van der Waals surface area contributed by atoms with Crippen LogP contribution in [0.15, 0.2) is 0 Å². The summed E-state index contributed by atoms with van der Waals surface area (Å²) in [5.74, 6) is 0.178. The molecule has 0 heterocycles. The molecule has 0 fully saturated rings. The lowest BCUT2D eigenvalue weighted by atomic mass is 10.3. The van der Waals surface area contributed by atoms with Crippen LogP contribution in [-0.4, -0.2) is 35.9 Å². The van der Waals surface area contributed by atoms with Crippen LogP contribution < -0.4 is 16.8 Å². The van der Waals surface area contributed by atoms with Gasteiger partial charge in [-0.25, -0.2) is 0 Å². The third-order valence-corrected chi connectivity index (χ3v) is 1.66. The normalized spacial score (nSPS) is 10.9. The minimum Gasteiger partial charge on any atom is -0.368 e. The van der Waals surface area contributed by atoms with E-state index in [2.05, 4.69) is 30.6 Å². The van der Waals surface area contributed by atoms with Gasteiger partial charge in [-0.1, -0.05) is 0 Å². The van der Waals surface area contributed by atoms with Gasteiger partial charge in [0.1, 0.15) is 6.04 Å². The number of thiol groups is 2. The summed E-state index contributed by atoms with van der Waals surface area (Å²) < 4.78 is 0. The van der Waals surface area contributed by atoms with E-state index in [1.54, 1.807) is 0 Å². The molecule has 7 heteroatoms. The van der Waals surface area contributed by atoms with Gasteiger partial charge in [0.2, 0.25) is 11.8 Å². The zero-order chi connectivity index (χ0) is 11.6. The molecule has 0 aliphatic carbocycles. The third kappa shape index (κ3) is 11.6. The van der Waals surface area contributed by atoms with E-state index < -0.39 is 11.9 Å². The first-order valence-corrected chi connectivity index (χ1v) is 5.24. The second-order valence-electron chi connectivity index (χ2n) is 2.35. The molecule has 5 nitrogen and oxygen atoms in total.